The summed E-state index contributed by atoms with van der Waals surface area (Å²) in [7, 11) is 0. The summed E-state index contributed by atoms with van der Waals surface area (Å²) in [5.41, 5.74) is 2.28. The Labute approximate surface area is 154 Å². The number of aromatic nitrogens is 1. The maximum Gasteiger partial charge on any atom is 0.331 e. The monoisotopic (exact) mass is 361 g/mol. The van der Waals surface area contributed by atoms with E-state index in [1.54, 1.807) is 36.4 Å². The predicted molar refractivity (Wildman–Crippen MR) is 98.4 cm³/mol. The van der Waals surface area contributed by atoms with Crippen molar-refractivity contribution in [2.24, 2.45) is 0 Å². The number of carbonyl (C=O) groups excluding carboxylic acids is 2. The molecule has 134 valence electrons. The van der Waals surface area contributed by atoms with Crippen LogP contribution in [0.4, 0.5) is 5.69 Å². The van der Waals surface area contributed by atoms with Crippen LogP contribution >= 0.6 is 0 Å². The lowest BCUT2D eigenvalue weighted by Crippen LogP contribution is -2.29. The van der Waals surface area contributed by atoms with Crippen molar-refractivity contribution >= 4 is 34.7 Å². The lowest BCUT2D eigenvalue weighted by Gasteiger charge is -2.12. The Morgan fingerprint density at radius 3 is 2.67 bits per heavy atom. The van der Waals surface area contributed by atoms with Gasteiger partial charge in [-0.3, -0.25) is 4.79 Å². The fourth-order valence-corrected chi connectivity index (χ4v) is 2.24. The Morgan fingerprint density at radius 1 is 1.22 bits per heavy atom. The highest BCUT2D eigenvalue weighted by molar-refractivity contribution is 5.96. The highest BCUT2D eigenvalue weighted by Crippen LogP contribution is 2.15. The van der Waals surface area contributed by atoms with Gasteiger partial charge in [0, 0.05) is 17.8 Å². The van der Waals surface area contributed by atoms with E-state index in [4.69, 9.17) is 14.4 Å². The van der Waals surface area contributed by atoms with Crippen LogP contribution in [-0.2, 0) is 14.3 Å². The fraction of sp³-hybridized carbons (Fsp3) is 0.100. The number of ether oxygens (including phenoxy) is 1. The third kappa shape index (κ3) is 4.58. The van der Waals surface area contributed by atoms with Crippen molar-refractivity contribution in [1.29, 1.82) is 5.26 Å². The van der Waals surface area contributed by atoms with Crippen molar-refractivity contribution in [3.05, 3.63) is 66.1 Å². The number of nitrogens with zero attached hydrogens (tertiary/aromatic N) is 2. The van der Waals surface area contributed by atoms with Crippen molar-refractivity contribution in [2.75, 3.05) is 5.32 Å². The van der Waals surface area contributed by atoms with E-state index in [0.29, 0.717) is 22.4 Å². The summed E-state index contributed by atoms with van der Waals surface area (Å²) >= 11 is 0. The molecule has 7 nitrogen and oxygen atoms in total. The van der Waals surface area contributed by atoms with E-state index in [9.17, 15) is 9.59 Å². The minimum absolute atomic E-state index is 0.267. The molecule has 2 aromatic carbocycles. The maximum absolute atomic E-state index is 12.1. The van der Waals surface area contributed by atoms with Gasteiger partial charge in [0.15, 0.2) is 11.7 Å². The van der Waals surface area contributed by atoms with Gasteiger partial charge in [0.25, 0.3) is 5.91 Å². The van der Waals surface area contributed by atoms with Gasteiger partial charge >= 0.3 is 5.97 Å². The van der Waals surface area contributed by atoms with E-state index >= 15 is 0 Å². The Morgan fingerprint density at radius 2 is 1.96 bits per heavy atom. The summed E-state index contributed by atoms with van der Waals surface area (Å²) in [6.07, 6.45) is 1.53. The third-order valence-electron chi connectivity index (χ3n) is 3.62. The molecule has 3 aromatic rings. The summed E-state index contributed by atoms with van der Waals surface area (Å²) in [6, 6.07) is 15.6. The zero-order chi connectivity index (χ0) is 19.2. The largest absolute Gasteiger partial charge is 0.449 e. The first kappa shape index (κ1) is 17.9. The molecule has 0 saturated heterocycles. The van der Waals surface area contributed by atoms with E-state index in [-0.39, 0.29) is 5.89 Å². The lowest BCUT2D eigenvalue weighted by atomic mass is 10.2. The molecule has 27 heavy (non-hydrogen) atoms. The van der Waals surface area contributed by atoms with E-state index in [0.717, 1.165) is 6.08 Å². The number of anilines is 1. The van der Waals surface area contributed by atoms with Crippen molar-refractivity contribution in [3.8, 4) is 6.07 Å². The van der Waals surface area contributed by atoms with E-state index in [1.165, 1.54) is 13.0 Å². The molecule has 0 saturated carbocycles. The Kier molecular flexibility index (Phi) is 5.28. The molecule has 1 atom stereocenters. The van der Waals surface area contributed by atoms with Gasteiger partial charge in [0.2, 0.25) is 5.89 Å². The number of nitrogens with one attached hydrogen (secondary N) is 1. The van der Waals surface area contributed by atoms with E-state index in [1.807, 2.05) is 18.2 Å². The molecular formula is C20H15N3O4. The Hall–Kier alpha value is -3.92. The van der Waals surface area contributed by atoms with Crippen molar-refractivity contribution in [3.63, 3.8) is 0 Å². The zero-order valence-electron chi connectivity index (χ0n) is 14.4. The van der Waals surface area contributed by atoms with Crippen LogP contribution in [-0.4, -0.2) is 23.0 Å². The number of esters is 1. The van der Waals surface area contributed by atoms with E-state index in [2.05, 4.69) is 10.3 Å². The number of fused-ring (bicyclic) bond motifs is 1. The van der Waals surface area contributed by atoms with Crippen LogP contribution < -0.4 is 5.32 Å². The molecule has 0 bridgehead atoms. The summed E-state index contributed by atoms with van der Waals surface area (Å²) in [6.45, 7) is 1.46. The van der Waals surface area contributed by atoms with Crippen LogP contribution in [0.1, 0.15) is 18.4 Å². The second-order valence-corrected chi connectivity index (χ2v) is 5.61. The van der Waals surface area contributed by atoms with Crippen LogP contribution in [0, 0.1) is 11.3 Å². The number of hydrogen-bond donors (Lipinski definition) is 1. The highest BCUT2D eigenvalue weighted by atomic mass is 16.5. The second-order valence-electron chi connectivity index (χ2n) is 5.61. The molecule has 0 aliphatic carbocycles. The standard InChI is InChI=1S/C20H15N3O4/c1-13(20(25)22-15-8-6-14(12-21)7-9-15)26-19(24)11-10-18-23-16-4-2-3-5-17(16)27-18/h2-11,13H,1H3,(H,22,25)/b11-10+/t13-/m0/s1. The third-order valence-corrected chi connectivity index (χ3v) is 3.62. The topological polar surface area (TPSA) is 105 Å². The summed E-state index contributed by atoms with van der Waals surface area (Å²) < 4.78 is 10.5. The van der Waals surface area contributed by atoms with Gasteiger partial charge in [0.1, 0.15) is 5.52 Å². The SMILES string of the molecule is C[C@H](OC(=O)/C=C/c1nc2ccccc2o1)C(=O)Nc1ccc(C#N)cc1. The Balaban J connectivity index is 1.55. The number of hydrogen-bond acceptors (Lipinski definition) is 6. The van der Waals surface area contributed by atoms with Gasteiger partial charge in [-0.25, -0.2) is 9.78 Å². The Bertz CT molecular complexity index is 1010. The molecule has 0 spiro atoms. The van der Waals surface area contributed by atoms with Gasteiger partial charge in [-0.15, -0.1) is 0 Å². The van der Waals surface area contributed by atoms with Crippen molar-refractivity contribution in [1.82, 2.24) is 4.98 Å². The van der Waals surface area contributed by atoms with Crippen LogP contribution in [0.5, 0.6) is 0 Å². The molecule has 0 unspecified atom stereocenters. The normalized spacial score (nSPS) is 11.9. The van der Waals surface area contributed by atoms with Crippen LogP contribution in [0.2, 0.25) is 0 Å². The van der Waals surface area contributed by atoms with Crippen LogP contribution in [0.25, 0.3) is 17.2 Å². The van der Waals surface area contributed by atoms with E-state index < -0.39 is 18.0 Å². The molecule has 1 aromatic heterocycles. The minimum Gasteiger partial charge on any atom is -0.449 e. The number of carbonyl (C=O) groups is 2. The van der Waals surface area contributed by atoms with Gasteiger partial charge in [-0.2, -0.15) is 5.26 Å². The van der Waals surface area contributed by atoms with Crippen LogP contribution in [0.3, 0.4) is 0 Å². The van der Waals surface area contributed by atoms with Gasteiger partial charge in [-0.1, -0.05) is 12.1 Å². The first-order chi connectivity index (χ1) is 13.0. The number of rotatable bonds is 5. The molecule has 3 rings (SSSR count). The molecule has 1 heterocycles. The first-order valence-electron chi connectivity index (χ1n) is 8.10. The molecular weight excluding hydrogens is 346 g/mol. The predicted octanol–water partition coefficient (Wildman–Crippen LogP) is 3.28. The van der Waals surface area contributed by atoms with Gasteiger partial charge in [0.05, 0.1) is 11.6 Å². The molecule has 1 amide bonds. The molecule has 0 aliphatic rings. The summed E-state index contributed by atoms with van der Waals surface area (Å²) in [4.78, 5) is 28.2. The average Bonchev–Trinajstić information content (AvgIpc) is 3.10. The number of para-hydroxylation sites is 2. The molecule has 1 N–H and O–H groups in total. The lowest BCUT2D eigenvalue weighted by molar-refractivity contribution is -0.148. The number of amides is 1. The highest BCUT2D eigenvalue weighted by Gasteiger charge is 2.16. The summed E-state index contributed by atoms with van der Waals surface area (Å²) in [5, 5.41) is 11.4. The molecule has 7 heteroatoms. The molecule has 0 radical (unpaired) electrons. The van der Waals surface area contributed by atoms with Crippen molar-refractivity contribution < 1.29 is 18.7 Å². The summed E-state index contributed by atoms with van der Waals surface area (Å²) in [5.74, 6) is -0.911. The second kappa shape index (κ2) is 7.97. The first-order valence-corrected chi connectivity index (χ1v) is 8.10. The van der Waals surface area contributed by atoms with Gasteiger partial charge in [-0.05, 0) is 43.3 Å². The molecule has 0 aliphatic heterocycles. The zero-order valence-corrected chi connectivity index (χ0v) is 14.4. The number of nitriles is 1. The van der Waals surface area contributed by atoms with Gasteiger partial charge < -0.3 is 14.5 Å². The van der Waals surface area contributed by atoms with Crippen LogP contribution in [0.15, 0.2) is 59.0 Å². The minimum atomic E-state index is -0.999. The smallest absolute Gasteiger partial charge is 0.331 e. The number of benzene rings is 2. The van der Waals surface area contributed by atoms with Crippen molar-refractivity contribution in [2.45, 2.75) is 13.0 Å². The molecule has 0 fully saturated rings. The number of oxazole rings is 1. The average molecular weight is 361 g/mol. The fourth-order valence-electron chi connectivity index (χ4n) is 2.24. The maximum atomic E-state index is 12.1. The quantitative estimate of drug-likeness (QED) is 0.552.